The third-order valence-electron chi connectivity index (χ3n) is 5.01. The molecule has 1 atom stereocenters. The fourth-order valence-corrected chi connectivity index (χ4v) is 3.43. The quantitative estimate of drug-likeness (QED) is 0.640. The highest BCUT2D eigenvalue weighted by molar-refractivity contribution is 5.79. The van der Waals surface area contributed by atoms with Gasteiger partial charge in [0.25, 0.3) is 5.69 Å². The zero-order valence-corrected chi connectivity index (χ0v) is 15.1. The van der Waals surface area contributed by atoms with Crippen LogP contribution in [0.4, 0.5) is 15.8 Å². The molecule has 1 heterocycles. The Morgan fingerprint density at radius 1 is 1.19 bits per heavy atom. The number of rotatable bonds is 5. The second kappa shape index (κ2) is 8.16. The minimum Gasteiger partial charge on any atom is -0.366 e. The number of hydrogen-bond acceptors (Lipinski definition) is 4. The summed E-state index contributed by atoms with van der Waals surface area (Å²) in [6.07, 6.45) is 1.27. The van der Waals surface area contributed by atoms with Crippen LogP contribution < -0.4 is 10.2 Å². The predicted molar refractivity (Wildman–Crippen MR) is 101 cm³/mol. The van der Waals surface area contributed by atoms with Crippen molar-refractivity contribution in [1.29, 1.82) is 0 Å². The molecule has 0 aliphatic carbocycles. The Balaban J connectivity index is 1.58. The van der Waals surface area contributed by atoms with Crippen LogP contribution in [-0.2, 0) is 4.79 Å². The van der Waals surface area contributed by atoms with Crippen molar-refractivity contribution in [2.75, 3.05) is 18.0 Å². The van der Waals surface area contributed by atoms with Crippen molar-refractivity contribution in [3.63, 3.8) is 0 Å². The van der Waals surface area contributed by atoms with Crippen molar-refractivity contribution in [2.45, 2.75) is 25.8 Å². The van der Waals surface area contributed by atoms with E-state index in [1.54, 1.807) is 30.3 Å². The van der Waals surface area contributed by atoms with Crippen LogP contribution in [0, 0.1) is 21.8 Å². The average molecular weight is 371 g/mol. The molecular formula is C20H22FN3O3. The monoisotopic (exact) mass is 371 g/mol. The van der Waals surface area contributed by atoms with Crippen LogP contribution in [0.25, 0.3) is 0 Å². The van der Waals surface area contributed by atoms with E-state index in [0.29, 0.717) is 31.6 Å². The summed E-state index contributed by atoms with van der Waals surface area (Å²) < 4.78 is 13.0. The lowest BCUT2D eigenvalue weighted by Gasteiger charge is -2.33. The molecule has 2 aromatic carbocycles. The Hall–Kier alpha value is -2.96. The van der Waals surface area contributed by atoms with Gasteiger partial charge in [-0.2, -0.15) is 0 Å². The first-order chi connectivity index (χ1) is 13.0. The van der Waals surface area contributed by atoms with Crippen LogP contribution in [0.15, 0.2) is 48.5 Å². The Kier molecular flexibility index (Phi) is 5.69. The number of amides is 1. The summed E-state index contributed by atoms with van der Waals surface area (Å²) in [5.74, 6) is -0.472. The van der Waals surface area contributed by atoms with Crippen LogP contribution in [-0.4, -0.2) is 23.9 Å². The standard InChI is InChI=1S/C20H22FN3O3/c1-14(15-6-8-17(21)9-7-15)22-20(25)16-10-12-23(13-11-16)18-4-2-3-5-19(18)24(26)27/h2-9,14,16H,10-13H2,1H3,(H,22,25). The number of carbonyl (C=O) groups is 1. The van der Waals surface area contributed by atoms with Gasteiger partial charge in [-0.25, -0.2) is 4.39 Å². The molecule has 1 aliphatic heterocycles. The first-order valence-corrected chi connectivity index (χ1v) is 9.00. The Labute approximate surface area is 157 Å². The highest BCUT2D eigenvalue weighted by Gasteiger charge is 2.28. The molecule has 142 valence electrons. The molecule has 0 bridgehead atoms. The number of nitro benzene ring substituents is 1. The summed E-state index contributed by atoms with van der Waals surface area (Å²) in [6.45, 7) is 3.05. The van der Waals surface area contributed by atoms with Gasteiger partial charge < -0.3 is 10.2 Å². The molecule has 0 saturated carbocycles. The summed E-state index contributed by atoms with van der Waals surface area (Å²) in [7, 11) is 0. The van der Waals surface area contributed by atoms with Gasteiger partial charge in [-0.05, 0) is 43.5 Å². The van der Waals surface area contributed by atoms with Crippen molar-refractivity contribution < 1.29 is 14.1 Å². The molecular weight excluding hydrogens is 349 g/mol. The first kappa shape index (κ1) is 18.8. The van der Waals surface area contributed by atoms with Gasteiger partial charge in [-0.1, -0.05) is 24.3 Å². The second-order valence-electron chi connectivity index (χ2n) is 6.79. The van der Waals surface area contributed by atoms with Crippen molar-refractivity contribution in [3.8, 4) is 0 Å². The maximum absolute atomic E-state index is 13.0. The van der Waals surface area contributed by atoms with Gasteiger partial charge in [0.05, 0.1) is 11.0 Å². The average Bonchev–Trinajstić information content (AvgIpc) is 2.68. The summed E-state index contributed by atoms with van der Waals surface area (Å²) >= 11 is 0. The lowest BCUT2D eigenvalue weighted by molar-refractivity contribution is -0.384. The molecule has 1 fully saturated rings. The van der Waals surface area contributed by atoms with E-state index < -0.39 is 0 Å². The van der Waals surface area contributed by atoms with Crippen molar-refractivity contribution in [2.24, 2.45) is 5.92 Å². The van der Waals surface area contributed by atoms with Crippen molar-refractivity contribution >= 4 is 17.3 Å². The van der Waals surface area contributed by atoms with E-state index in [0.717, 1.165) is 5.56 Å². The third kappa shape index (κ3) is 4.42. The largest absolute Gasteiger partial charge is 0.366 e. The van der Waals surface area contributed by atoms with Crippen molar-refractivity contribution in [3.05, 3.63) is 70.0 Å². The molecule has 27 heavy (non-hydrogen) atoms. The topological polar surface area (TPSA) is 75.5 Å². The molecule has 1 aliphatic rings. The van der Waals surface area contributed by atoms with Gasteiger partial charge in [0.15, 0.2) is 0 Å². The van der Waals surface area contributed by atoms with Crippen LogP contribution in [0.2, 0.25) is 0 Å². The van der Waals surface area contributed by atoms with Gasteiger partial charge >= 0.3 is 0 Å². The molecule has 6 nitrogen and oxygen atoms in total. The third-order valence-corrected chi connectivity index (χ3v) is 5.01. The van der Waals surface area contributed by atoms with Crippen LogP contribution in [0.3, 0.4) is 0 Å². The maximum Gasteiger partial charge on any atom is 0.292 e. The van der Waals surface area contributed by atoms with Gasteiger partial charge in [0, 0.05) is 25.1 Å². The normalized spacial score (nSPS) is 16.0. The van der Waals surface area contributed by atoms with E-state index >= 15 is 0 Å². The van der Waals surface area contributed by atoms with Gasteiger partial charge in [-0.3, -0.25) is 14.9 Å². The zero-order valence-electron chi connectivity index (χ0n) is 15.1. The predicted octanol–water partition coefficient (Wildman–Crippen LogP) is 3.83. The van der Waals surface area contributed by atoms with E-state index in [4.69, 9.17) is 0 Å². The highest BCUT2D eigenvalue weighted by atomic mass is 19.1. The van der Waals surface area contributed by atoms with E-state index in [1.165, 1.54) is 18.2 Å². The van der Waals surface area contributed by atoms with Gasteiger partial charge in [0.1, 0.15) is 11.5 Å². The van der Waals surface area contributed by atoms with Crippen LogP contribution in [0.5, 0.6) is 0 Å². The summed E-state index contributed by atoms with van der Waals surface area (Å²) in [6, 6.07) is 12.6. The fraction of sp³-hybridized carbons (Fsp3) is 0.350. The van der Waals surface area contributed by atoms with E-state index in [2.05, 4.69) is 5.32 Å². The molecule has 1 N–H and O–H groups in total. The van der Waals surface area contributed by atoms with E-state index in [9.17, 15) is 19.3 Å². The number of carbonyl (C=O) groups excluding carboxylic acids is 1. The van der Waals surface area contributed by atoms with Crippen LogP contribution >= 0.6 is 0 Å². The Morgan fingerprint density at radius 3 is 2.44 bits per heavy atom. The first-order valence-electron chi connectivity index (χ1n) is 9.00. The van der Waals surface area contributed by atoms with Gasteiger partial charge in [-0.15, -0.1) is 0 Å². The van der Waals surface area contributed by atoms with Gasteiger partial charge in [0.2, 0.25) is 5.91 Å². The molecule has 3 rings (SSSR count). The number of hydrogen-bond donors (Lipinski definition) is 1. The molecule has 7 heteroatoms. The highest BCUT2D eigenvalue weighted by Crippen LogP contribution is 2.31. The smallest absolute Gasteiger partial charge is 0.292 e. The molecule has 2 aromatic rings. The Morgan fingerprint density at radius 2 is 1.81 bits per heavy atom. The Bertz CT molecular complexity index is 817. The molecule has 1 amide bonds. The summed E-state index contributed by atoms with van der Waals surface area (Å²) in [5, 5.41) is 14.2. The lowest BCUT2D eigenvalue weighted by atomic mass is 9.94. The summed E-state index contributed by atoms with van der Waals surface area (Å²) in [5.41, 5.74) is 1.54. The number of nitrogens with zero attached hydrogens (tertiary/aromatic N) is 2. The molecule has 0 radical (unpaired) electrons. The van der Waals surface area contributed by atoms with Crippen molar-refractivity contribution in [1.82, 2.24) is 5.32 Å². The van der Waals surface area contributed by atoms with E-state index in [1.807, 2.05) is 11.8 Å². The van der Waals surface area contributed by atoms with E-state index in [-0.39, 0.29) is 34.3 Å². The molecule has 0 aromatic heterocycles. The number of nitrogens with one attached hydrogen (secondary N) is 1. The lowest BCUT2D eigenvalue weighted by Crippen LogP contribution is -2.41. The number of nitro groups is 1. The minimum absolute atomic E-state index is 0.0333. The minimum atomic E-state index is -0.376. The second-order valence-corrected chi connectivity index (χ2v) is 6.79. The number of para-hydroxylation sites is 2. The maximum atomic E-state index is 13.0. The number of halogens is 1. The SMILES string of the molecule is CC(NC(=O)C1CCN(c2ccccc2[N+](=O)[O-])CC1)c1ccc(F)cc1. The fourth-order valence-electron chi connectivity index (χ4n) is 3.43. The number of benzene rings is 2. The molecule has 0 spiro atoms. The molecule has 1 unspecified atom stereocenters. The summed E-state index contributed by atoms with van der Waals surface area (Å²) in [4.78, 5) is 25.3. The number of piperidine rings is 1. The van der Waals surface area contributed by atoms with Crippen LogP contribution in [0.1, 0.15) is 31.4 Å². The zero-order chi connectivity index (χ0) is 19.4. The number of anilines is 1. The molecule has 1 saturated heterocycles.